The Bertz CT molecular complexity index is 239. The SMILES string of the molecule is CCC1(C)CCN(C(C)CCCNC2CC2)CC1. The molecule has 1 heterocycles. The summed E-state index contributed by atoms with van der Waals surface area (Å²) in [5.41, 5.74) is 0.629. The number of nitrogens with one attached hydrogen (secondary N) is 1. The maximum atomic E-state index is 3.62. The minimum Gasteiger partial charge on any atom is -0.314 e. The van der Waals surface area contributed by atoms with Gasteiger partial charge in [0.1, 0.15) is 0 Å². The number of hydrogen-bond donors (Lipinski definition) is 1. The Labute approximate surface area is 114 Å². The van der Waals surface area contributed by atoms with Crippen LogP contribution in [0.4, 0.5) is 0 Å². The molecule has 1 atom stereocenters. The third-order valence-electron chi connectivity index (χ3n) is 5.29. The van der Waals surface area contributed by atoms with E-state index < -0.39 is 0 Å². The van der Waals surface area contributed by atoms with Gasteiger partial charge >= 0.3 is 0 Å². The molecule has 1 N–H and O–H groups in total. The molecule has 1 saturated carbocycles. The van der Waals surface area contributed by atoms with Gasteiger partial charge in [-0.2, -0.15) is 0 Å². The summed E-state index contributed by atoms with van der Waals surface area (Å²) in [6.07, 6.45) is 9.68. The molecule has 2 heteroatoms. The van der Waals surface area contributed by atoms with Crippen molar-refractivity contribution in [3.63, 3.8) is 0 Å². The van der Waals surface area contributed by atoms with Crippen LogP contribution in [0, 0.1) is 5.41 Å². The van der Waals surface area contributed by atoms with Crippen LogP contribution in [0.5, 0.6) is 0 Å². The lowest BCUT2D eigenvalue weighted by atomic mass is 9.78. The Kier molecular flexibility index (Phi) is 5.08. The van der Waals surface area contributed by atoms with E-state index in [1.807, 2.05) is 0 Å². The fraction of sp³-hybridized carbons (Fsp3) is 1.00. The molecule has 0 radical (unpaired) electrons. The molecule has 0 amide bonds. The maximum absolute atomic E-state index is 3.62. The summed E-state index contributed by atoms with van der Waals surface area (Å²) in [5.74, 6) is 0. The number of hydrogen-bond acceptors (Lipinski definition) is 2. The zero-order chi connectivity index (χ0) is 13.0. The summed E-state index contributed by atoms with van der Waals surface area (Å²) in [6, 6.07) is 1.66. The zero-order valence-corrected chi connectivity index (χ0v) is 12.7. The first-order chi connectivity index (χ1) is 8.63. The molecule has 2 fully saturated rings. The highest BCUT2D eigenvalue weighted by Gasteiger charge is 2.29. The molecule has 0 aromatic heterocycles. The number of piperidine rings is 1. The molecular weight excluding hydrogens is 220 g/mol. The molecule has 1 saturated heterocycles. The Morgan fingerprint density at radius 1 is 1.28 bits per heavy atom. The van der Waals surface area contributed by atoms with Crippen LogP contribution in [0.25, 0.3) is 0 Å². The summed E-state index contributed by atoms with van der Waals surface area (Å²) < 4.78 is 0. The standard InChI is InChI=1S/C16H32N2/c1-4-16(3)9-12-18(13-10-16)14(2)6-5-11-17-15-7-8-15/h14-15,17H,4-13H2,1-3H3. The summed E-state index contributed by atoms with van der Waals surface area (Å²) in [4.78, 5) is 2.72. The lowest BCUT2D eigenvalue weighted by molar-refractivity contribution is 0.0827. The van der Waals surface area contributed by atoms with Crippen LogP contribution in [0.1, 0.15) is 65.7 Å². The minimum absolute atomic E-state index is 0.629. The molecule has 106 valence electrons. The second-order valence-corrected chi connectivity index (χ2v) is 6.92. The molecule has 18 heavy (non-hydrogen) atoms. The Morgan fingerprint density at radius 3 is 2.50 bits per heavy atom. The first-order valence-corrected chi connectivity index (χ1v) is 8.10. The first kappa shape index (κ1) is 14.3. The number of nitrogens with zero attached hydrogens (tertiary/aromatic N) is 1. The molecule has 1 aliphatic carbocycles. The van der Waals surface area contributed by atoms with Crippen molar-refractivity contribution in [3.8, 4) is 0 Å². The van der Waals surface area contributed by atoms with Gasteiger partial charge < -0.3 is 10.2 Å². The van der Waals surface area contributed by atoms with E-state index in [9.17, 15) is 0 Å². The van der Waals surface area contributed by atoms with E-state index in [0.29, 0.717) is 5.41 Å². The highest BCUT2D eigenvalue weighted by Crippen LogP contribution is 2.34. The van der Waals surface area contributed by atoms with Crippen molar-refractivity contribution >= 4 is 0 Å². The maximum Gasteiger partial charge on any atom is 0.00682 e. The smallest absolute Gasteiger partial charge is 0.00682 e. The van der Waals surface area contributed by atoms with Crippen molar-refractivity contribution < 1.29 is 0 Å². The van der Waals surface area contributed by atoms with Crippen LogP contribution in [-0.2, 0) is 0 Å². The van der Waals surface area contributed by atoms with Gasteiger partial charge in [-0.15, -0.1) is 0 Å². The van der Waals surface area contributed by atoms with Crippen LogP contribution < -0.4 is 5.32 Å². The predicted octanol–water partition coefficient (Wildman–Crippen LogP) is 3.42. The fourth-order valence-corrected chi connectivity index (χ4v) is 3.03. The van der Waals surface area contributed by atoms with Crippen molar-refractivity contribution in [1.29, 1.82) is 0 Å². The van der Waals surface area contributed by atoms with Crippen LogP contribution >= 0.6 is 0 Å². The van der Waals surface area contributed by atoms with Crippen molar-refractivity contribution in [2.24, 2.45) is 5.41 Å². The molecule has 1 aliphatic heterocycles. The zero-order valence-electron chi connectivity index (χ0n) is 12.7. The molecule has 2 rings (SSSR count). The average Bonchev–Trinajstić information content (AvgIpc) is 3.19. The lowest BCUT2D eigenvalue weighted by Crippen LogP contribution is -2.43. The van der Waals surface area contributed by atoms with E-state index in [-0.39, 0.29) is 0 Å². The summed E-state index contributed by atoms with van der Waals surface area (Å²) >= 11 is 0. The molecule has 0 aromatic carbocycles. The third-order valence-corrected chi connectivity index (χ3v) is 5.29. The van der Waals surface area contributed by atoms with Gasteiger partial charge in [-0.25, -0.2) is 0 Å². The van der Waals surface area contributed by atoms with Gasteiger partial charge in [0.25, 0.3) is 0 Å². The van der Waals surface area contributed by atoms with E-state index >= 15 is 0 Å². The molecular formula is C16H32N2. The molecule has 2 aliphatic rings. The largest absolute Gasteiger partial charge is 0.314 e. The van der Waals surface area contributed by atoms with Gasteiger partial charge in [-0.1, -0.05) is 20.3 Å². The van der Waals surface area contributed by atoms with E-state index in [2.05, 4.69) is 31.0 Å². The fourth-order valence-electron chi connectivity index (χ4n) is 3.03. The highest BCUT2D eigenvalue weighted by molar-refractivity contribution is 4.84. The molecule has 2 nitrogen and oxygen atoms in total. The van der Waals surface area contributed by atoms with E-state index in [1.165, 1.54) is 64.6 Å². The minimum atomic E-state index is 0.629. The second-order valence-electron chi connectivity index (χ2n) is 6.92. The van der Waals surface area contributed by atoms with E-state index in [0.717, 1.165) is 12.1 Å². The monoisotopic (exact) mass is 252 g/mol. The molecule has 0 bridgehead atoms. The Balaban J connectivity index is 1.59. The van der Waals surface area contributed by atoms with Crippen molar-refractivity contribution in [2.75, 3.05) is 19.6 Å². The second kappa shape index (κ2) is 6.38. The van der Waals surface area contributed by atoms with Gasteiger partial charge in [-0.3, -0.25) is 0 Å². The van der Waals surface area contributed by atoms with E-state index in [4.69, 9.17) is 0 Å². The Morgan fingerprint density at radius 2 is 1.94 bits per heavy atom. The predicted molar refractivity (Wildman–Crippen MR) is 78.9 cm³/mol. The Hall–Kier alpha value is -0.0800. The highest BCUT2D eigenvalue weighted by atomic mass is 15.2. The molecule has 0 aromatic rings. The van der Waals surface area contributed by atoms with Crippen molar-refractivity contribution in [3.05, 3.63) is 0 Å². The average molecular weight is 252 g/mol. The van der Waals surface area contributed by atoms with E-state index in [1.54, 1.807) is 0 Å². The van der Waals surface area contributed by atoms with Crippen LogP contribution in [0.3, 0.4) is 0 Å². The third kappa shape index (κ3) is 4.24. The quantitative estimate of drug-likeness (QED) is 0.698. The van der Waals surface area contributed by atoms with Crippen molar-refractivity contribution in [2.45, 2.75) is 77.8 Å². The number of likely N-dealkylation sites (tertiary alicyclic amines) is 1. The summed E-state index contributed by atoms with van der Waals surface area (Å²) in [6.45, 7) is 11.1. The van der Waals surface area contributed by atoms with Gasteiger partial charge in [0.2, 0.25) is 0 Å². The van der Waals surface area contributed by atoms with Crippen LogP contribution in [0.2, 0.25) is 0 Å². The summed E-state index contributed by atoms with van der Waals surface area (Å²) in [5, 5.41) is 3.62. The van der Waals surface area contributed by atoms with Gasteiger partial charge in [0, 0.05) is 12.1 Å². The summed E-state index contributed by atoms with van der Waals surface area (Å²) in [7, 11) is 0. The van der Waals surface area contributed by atoms with Crippen molar-refractivity contribution in [1.82, 2.24) is 10.2 Å². The van der Waals surface area contributed by atoms with Crippen LogP contribution in [0.15, 0.2) is 0 Å². The number of rotatable bonds is 7. The lowest BCUT2D eigenvalue weighted by Gasteiger charge is -2.41. The molecule has 0 spiro atoms. The van der Waals surface area contributed by atoms with Gasteiger partial charge in [-0.05, 0) is 70.5 Å². The van der Waals surface area contributed by atoms with Gasteiger partial charge in [0.05, 0.1) is 0 Å². The first-order valence-electron chi connectivity index (χ1n) is 8.10. The normalized spacial score (nSPS) is 26.2. The van der Waals surface area contributed by atoms with Gasteiger partial charge in [0.15, 0.2) is 0 Å². The molecule has 1 unspecified atom stereocenters. The topological polar surface area (TPSA) is 15.3 Å². The van der Waals surface area contributed by atoms with Crippen LogP contribution in [-0.4, -0.2) is 36.6 Å².